The lowest BCUT2D eigenvalue weighted by molar-refractivity contribution is 0.172. The Hall–Kier alpha value is -5.10. The van der Waals surface area contributed by atoms with Crippen molar-refractivity contribution in [3.8, 4) is 11.5 Å². The third-order valence-electron chi connectivity index (χ3n) is 12.5. The van der Waals surface area contributed by atoms with Gasteiger partial charge in [-0.15, -0.1) is 0 Å². The van der Waals surface area contributed by atoms with Crippen LogP contribution in [0.15, 0.2) is 71.1 Å². The van der Waals surface area contributed by atoms with Crippen molar-refractivity contribution in [1.82, 2.24) is 0 Å². The molecule has 0 bridgehead atoms. The maximum Gasteiger partial charge on any atom is 0.297 e. The third-order valence-corrected chi connectivity index (χ3v) is 12.5. The number of fused-ring (bicyclic) bond motifs is 7. The summed E-state index contributed by atoms with van der Waals surface area (Å²) in [5.41, 5.74) is 21.4. The van der Waals surface area contributed by atoms with E-state index >= 15 is 0 Å². The van der Waals surface area contributed by atoms with Gasteiger partial charge in [-0.25, -0.2) is 0 Å². The van der Waals surface area contributed by atoms with E-state index in [1.165, 1.54) is 72.7 Å². The molecule has 292 valence electrons. The van der Waals surface area contributed by atoms with E-state index in [4.69, 9.17) is 13.9 Å². The minimum atomic E-state index is -0.182. The Morgan fingerprint density at radius 1 is 0.509 bits per heavy atom. The predicted octanol–water partition coefficient (Wildman–Crippen LogP) is 11.7. The Morgan fingerprint density at radius 3 is 1.53 bits per heavy atom. The Kier molecular flexibility index (Phi) is 8.19. The molecule has 5 aromatic carbocycles. The van der Waals surface area contributed by atoms with Crippen LogP contribution in [0.3, 0.4) is 0 Å². The average molecular weight is 757 g/mol. The van der Waals surface area contributed by atoms with E-state index in [-0.39, 0.29) is 23.0 Å². The topological polar surface area (TPSA) is 38.1 Å². The summed E-state index contributed by atoms with van der Waals surface area (Å²) in [4.78, 5) is 5.07. The Labute approximate surface area is 340 Å². The number of anilines is 6. The van der Waals surface area contributed by atoms with Crippen LogP contribution in [0.2, 0.25) is 0 Å². The van der Waals surface area contributed by atoms with Crippen molar-refractivity contribution >= 4 is 68.4 Å². The number of benzene rings is 5. The standard InChI is InChI=1S/C51H57BN2O3/c1-28-19-39-44-40(20-28)54(46-31(4)23-35(24-32(46)5)51(12,13)14)47-36-25-33(49(6,7)8)15-16-41(36)57-48(47)52(44)37-26-42-43(56-18-17-55-42)27-38(37)53(39)45-29(2)21-34(22-30(45)3)50(9,10)11/h15-16,19-27H,17-18H2,1-14H3. The number of hydrogen-bond donors (Lipinski definition) is 0. The maximum absolute atomic E-state index is 7.26. The normalized spacial score (nSPS) is 14.9. The molecule has 0 saturated heterocycles. The van der Waals surface area contributed by atoms with Crippen LogP contribution in [-0.4, -0.2) is 19.9 Å². The van der Waals surface area contributed by atoms with E-state index in [0.29, 0.717) is 13.2 Å². The van der Waals surface area contributed by atoms with E-state index < -0.39 is 0 Å². The molecule has 0 N–H and O–H groups in total. The highest BCUT2D eigenvalue weighted by molar-refractivity contribution is 7.00. The third kappa shape index (κ3) is 5.80. The highest BCUT2D eigenvalue weighted by Crippen LogP contribution is 2.51. The molecule has 6 aromatic rings. The van der Waals surface area contributed by atoms with Gasteiger partial charge in [-0.3, -0.25) is 0 Å². The first-order chi connectivity index (χ1) is 26.7. The molecule has 0 saturated carbocycles. The van der Waals surface area contributed by atoms with Crippen molar-refractivity contribution < 1.29 is 13.9 Å². The van der Waals surface area contributed by atoms with Crippen molar-refractivity contribution in [1.29, 1.82) is 0 Å². The molecule has 0 spiro atoms. The first-order valence-electron chi connectivity index (χ1n) is 20.7. The number of nitrogens with zero attached hydrogens (tertiary/aromatic N) is 2. The van der Waals surface area contributed by atoms with Crippen LogP contribution >= 0.6 is 0 Å². The molecule has 0 fully saturated rings. The van der Waals surface area contributed by atoms with Crippen LogP contribution in [0, 0.1) is 34.6 Å². The summed E-state index contributed by atoms with van der Waals surface area (Å²) in [5.74, 6) is 1.57. The quantitative estimate of drug-likeness (QED) is 0.164. The molecule has 0 aliphatic carbocycles. The van der Waals surface area contributed by atoms with E-state index in [1.54, 1.807) is 0 Å². The minimum Gasteiger partial charge on any atom is -0.486 e. The van der Waals surface area contributed by atoms with Gasteiger partial charge in [-0.05, 0) is 137 Å². The van der Waals surface area contributed by atoms with Gasteiger partial charge in [0.25, 0.3) is 6.71 Å². The predicted molar refractivity (Wildman–Crippen MR) is 241 cm³/mol. The van der Waals surface area contributed by atoms with Crippen LogP contribution < -0.4 is 35.9 Å². The molecular weight excluding hydrogens is 699 g/mol. The van der Waals surface area contributed by atoms with Gasteiger partial charge in [-0.2, -0.15) is 0 Å². The maximum atomic E-state index is 7.26. The summed E-state index contributed by atoms with van der Waals surface area (Å²) in [5, 5.41) is 1.14. The van der Waals surface area contributed by atoms with Crippen molar-refractivity contribution in [2.45, 2.75) is 113 Å². The number of furan rings is 1. The molecular formula is C51H57BN2O3. The summed E-state index contributed by atoms with van der Waals surface area (Å²) in [6, 6.07) is 25.6. The summed E-state index contributed by atoms with van der Waals surface area (Å²) in [7, 11) is 0. The molecule has 0 amide bonds. The lowest BCUT2D eigenvalue weighted by Crippen LogP contribution is -2.61. The molecule has 6 heteroatoms. The fourth-order valence-corrected chi connectivity index (χ4v) is 9.57. The Balaban J connectivity index is 1.43. The molecule has 0 atom stereocenters. The van der Waals surface area contributed by atoms with Gasteiger partial charge >= 0.3 is 0 Å². The lowest BCUT2D eigenvalue weighted by atomic mass is 9.35. The molecule has 1 aromatic heterocycles. The number of rotatable bonds is 2. The second-order valence-electron chi connectivity index (χ2n) is 20.1. The molecule has 5 nitrogen and oxygen atoms in total. The first-order valence-corrected chi connectivity index (χ1v) is 20.7. The van der Waals surface area contributed by atoms with Crippen molar-refractivity contribution in [3.63, 3.8) is 0 Å². The molecule has 4 heterocycles. The van der Waals surface area contributed by atoms with E-state index in [9.17, 15) is 0 Å². The molecule has 0 unspecified atom stereocenters. The Bertz CT molecular complexity index is 2620. The van der Waals surface area contributed by atoms with Gasteiger partial charge in [-0.1, -0.05) is 92.6 Å². The van der Waals surface area contributed by atoms with Gasteiger partial charge in [0, 0.05) is 28.5 Å². The molecule has 9 rings (SSSR count). The van der Waals surface area contributed by atoms with Crippen molar-refractivity contribution in [2.24, 2.45) is 0 Å². The van der Waals surface area contributed by atoms with Crippen molar-refractivity contribution in [2.75, 3.05) is 23.0 Å². The van der Waals surface area contributed by atoms with Crippen LogP contribution in [0.25, 0.3) is 11.0 Å². The van der Waals surface area contributed by atoms with Gasteiger partial charge in [0.1, 0.15) is 18.8 Å². The van der Waals surface area contributed by atoms with E-state index in [2.05, 4.69) is 173 Å². The van der Waals surface area contributed by atoms with Crippen LogP contribution in [0.4, 0.5) is 34.1 Å². The highest BCUT2D eigenvalue weighted by atomic mass is 16.6. The summed E-state index contributed by atoms with van der Waals surface area (Å²) in [6.45, 7) is 32.9. The highest BCUT2D eigenvalue weighted by Gasteiger charge is 2.48. The number of hydrogen-bond acceptors (Lipinski definition) is 5. The number of aryl methyl sites for hydroxylation is 5. The second-order valence-corrected chi connectivity index (χ2v) is 20.1. The first kappa shape index (κ1) is 37.5. The number of ether oxygens (including phenoxy) is 2. The smallest absolute Gasteiger partial charge is 0.297 e. The van der Waals surface area contributed by atoms with E-state index in [1.807, 2.05) is 0 Å². The van der Waals surface area contributed by atoms with Crippen LogP contribution in [0.1, 0.15) is 107 Å². The van der Waals surface area contributed by atoms with Crippen molar-refractivity contribution in [3.05, 3.63) is 111 Å². The van der Waals surface area contributed by atoms with E-state index in [0.717, 1.165) is 45.0 Å². The molecule has 57 heavy (non-hydrogen) atoms. The fourth-order valence-electron chi connectivity index (χ4n) is 9.57. The molecule has 3 aliphatic heterocycles. The fraction of sp³-hybridized carbons (Fsp3) is 0.373. The summed E-state index contributed by atoms with van der Waals surface area (Å²) < 4.78 is 19.9. The Morgan fingerprint density at radius 2 is 1.00 bits per heavy atom. The minimum absolute atomic E-state index is 0.0199. The zero-order valence-electron chi connectivity index (χ0n) is 36.5. The average Bonchev–Trinajstić information content (AvgIpc) is 3.49. The second kappa shape index (κ2) is 12.5. The summed E-state index contributed by atoms with van der Waals surface area (Å²) in [6.07, 6.45) is 0. The lowest BCUT2D eigenvalue weighted by Gasteiger charge is -2.44. The van der Waals surface area contributed by atoms with Gasteiger partial charge in [0.15, 0.2) is 11.5 Å². The monoisotopic (exact) mass is 756 g/mol. The molecule has 0 radical (unpaired) electrons. The van der Waals surface area contributed by atoms with Gasteiger partial charge in [0.2, 0.25) is 0 Å². The summed E-state index contributed by atoms with van der Waals surface area (Å²) >= 11 is 0. The molecule has 3 aliphatic rings. The SMILES string of the molecule is Cc1cc2c3c(c1)N(c1c(C)cc(C(C)(C)C)cc1C)c1c(oc4ccc(C(C)(C)C)cc14)B3c1cc3c(cc1N2c1c(C)cc(C(C)(C)C)cc1C)OCCO3. The van der Waals surface area contributed by atoms with Gasteiger partial charge < -0.3 is 23.7 Å². The largest absolute Gasteiger partial charge is 0.486 e. The van der Waals surface area contributed by atoms with Crippen LogP contribution in [0.5, 0.6) is 11.5 Å². The zero-order chi connectivity index (χ0) is 40.7. The van der Waals surface area contributed by atoms with Crippen LogP contribution in [-0.2, 0) is 16.2 Å². The zero-order valence-corrected chi connectivity index (χ0v) is 36.5. The van der Waals surface area contributed by atoms with Gasteiger partial charge in [0.05, 0.1) is 22.7 Å².